The lowest BCUT2D eigenvalue weighted by Crippen LogP contribution is -2.51. The van der Waals surface area contributed by atoms with E-state index in [9.17, 15) is 0 Å². The van der Waals surface area contributed by atoms with Crippen LogP contribution in [0.5, 0.6) is 0 Å². The predicted molar refractivity (Wildman–Crippen MR) is 125 cm³/mol. The molecule has 5 heteroatoms. The minimum atomic E-state index is -0.447. The third kappa shape index (κ3) is 6.89. The first-order valence-electron chi connectivity index (χ1n) is 11.0. The second-order valence-corrected chi connectivity index (χ2v) is 8.40. The third-order valence-electron chi connectivity index (χ3n) is 5.46. The van der Waals surface area contributed by atoms with Crippen LogP contribution in [0.4, 0.5) is 0 Å². The van der Waals surface area contributed by atoms with E-state index in [2.05, 4.69) is 24.3 Å². The molecule has 168 valence electrons. The number of halogens is 1. The first kappa shape index (κ1) is 23.0. The molecule has 1 heterocycles. The summed E-state index contributed by atoms with van der Waals surface area (Å²) >= 11 is 6.45. The third-order valence-corrected chi connectivity index (χ3v) is 5.74. The summed E-state index contributed by atoms with van der Waals surface area (Å²) < 4.78 is 24.7. The Hall–Kier alpha value is -2.21. The lowest BCUT2D eigenvalue weighted by atomic mass is 10.0. The van der Waals surface area contributed by atoms with E-state index in [0.717, 1.165) is 16.7 Å². The zero-order valence-corrected chi connectivity index (χ0v) is 18.8. The quantitative estimate of drug-likeness (QED) is 0.368. The van der Waals surface area contributed by atoms with Gasteiger partial charge in [0.15, 0.2) is 0 Å². The average molecular weight is 453 g/mol. The van der Waals surface area contributed by atoms with Crippen LogP contribution < -0.4 is 0 Å². The second kappa shape index (κ2) is 12.1. The van der Waals surface area contributed by atoms with Gasteiger partial charge in [-0.05, 0) is 16.7 Å². The normalized spacial score (nSPS) is 23.2. The van der Waals surface area contributed by atoms with Gasteiger partial charge in [0, 0.05) is 6.42 Å². The Balaban J connectivity index is 1.42. The topological polar surface area (TPSA) is 36.9 Å². The lowest BCUT2D eigenvalue weighted by Gasteiger charge is -2.39. The van der Waals surface area contributed by atoms with E-state index in [0.29, 0.717) is 32.8 Å². The molecule has 4 atom stereocenters. The standard InChI is InChI=1S/C27H29ClO4/c28-26-16-24(30-18-22-12-6-2-7-13-22)27(31-19-23-14-8-3-9-15-23)25(32-26)20-29-17-21-10-4-1-5-11-21/h1-15,24-27H,16-20H2. The summed E-state index contributed by atoms with van der Waals surface area (Å²) in [7, 11) is 0. The highest BCUT2D eigenvalue weighted by Gasteiger charge is 2.40. The molecular formula is C27H29ClO4. The van der Waals surface area contributed by atoms with Crippen molar-refractivity contribution in [3.8, 4) is 0 Å². The minimum absolute atomic E-state index is 0.194. The van der Waals surface area contributed by atoms with Crippen molar-refractivity contribution in [2.45, 2.75) is 50.1 Å². The van der Waals surface area contributed by atoms with Crippen molar-refractivity contribution < 1.29 is 18.9 Å². The molecular weight excluding hydrogens is 424 g/mol. The van der Waals surface area contributed by atoms with Crippen LogP contribution in [0.1, 0.15) is 23.1 Å². The maximum Gasteiger partial charge on any atom is 0.134 e. The molecule has 1 saturated heterocycles. The van der Waals surface area contributed by atoms with Gasteiger partial charge in [0.2, 0.25) is 0 Å². The van der Waals surface area contributed by atoms with Crippen molar-refractivity contribution in [1.82, 2.24) is 0 Å². The van der Waals surface area contributed by atoms with Crippen LogP contribution in [0.2, 0.25) is 0 Å². The Bertz CT molecular complexity index is 907. The zero-order chi connectivity index (χ0) is 22.0. The van der Waals surface area contributed by atoms with Gasteiger partial charge in [-0.2, -0.15) is 0 Å². The lowest BCUT2D eigenvalue weighted by molar-refractivity contribution is -0.205. The molecule has 32 heavy (non-hydrogen) atoms. The van der Waals surface area contributed by atoms with Crippen molar-refractivity contribution in [3.05, 3.63) is 108 Å². The highest BCUT2D eigenvalue weighted by atomic mass is 35.5. The molecule has 1 aliphatic heterocycles. The molecule has 0 amide bonds. The fourth-order valence-electron chi connectivity index (χ4n) is 3.80. The molecule has 0 saturated carbocycles. The Morgan fingerprint density at radius 2 is 1.19 bits per heavy atom. The van der Waals surface area contributed by atoms with Gasteiger partial charge >= 0.3 is 0 Å². The molecule has 1 fully saturated rings. The Morgan fingerprint density at radius 3 is 1.75 bits per heavy atom. The van der Waals surface area contributed by atoms with Crippen LogP contribution in [-0.4, -0.2) is 30.5 Å². The summed E-state index contributed by atoms with van der Waals surface area (Å²) in [6.07, 6.45) is -0.243. The molecule has 0 N–H and O–H groups in total. The summed E-state index contributed by atoms with van der Waals surface area (Å²) in [4.78, 5) is 0. The highest BCUT2D eigenvalue weighted by Crippen LogP contribution is 2.29. The monoisotopic (exact) mass is 452 g/mol. The van der Waals surface area contributed by atoms with E-state index in [1.165, 1.54) is 0 Å². The molecule has 4 nitrogen and oxygen atoms in total. The molecule has 0 bridgehead atoms. The molecule has 1 aliphatic rings. The molecule has 0 aromatic heterocycles. The number of hydrogen-bond donors (Lipinski definition) is 0. The van der Waals surface area contributed by atoms with E-state index in [1.54, 1.807) is 0 Å². The molecule has 0 spiro atoms. The molecule has 3 aromatic carbocycles. The number of hydrogen-bond acceptors (Lipinski definition) is 4. The van der Waals surface area contributed by atoms with Crippen LogP contribution >= 0.6 is 11.6 Å². The maximum absolute atomic E-state index is 6.45. The van der Waals surface area contributed by atoms with Crippen LogP contribution in [0.25, 0.3) is 0 Å². The van der Waals surface area contributed by atoms with Crippen LogP contribution in [0.3, 0.4) is 0 Å². The maximum atomic E-state index is 6.45. The van der Waals surface area contributed by atoms with Crippen LogP contribution in [0, 0.1) is 0 Å². The number of ether oxygens (including phenoxy) is 4. The number of benzene rings is 3. The van der Waals surface area contributed by atoms with Crippen molar-refractivity contribution in [3.63, 3.8) is 0 Å². The summed E-state index contributed by atoms with van der Waals surface area (Å²) in [5, 5.41) is 0. The van der Waals surface area contributed by atoms with E-state index in [1.807, 2.05) is 66.7 Å². The van der Waals surface area contributed by atoms with Crippen molar-refractivity contribution in [2.75, 3.05) is 6.61 Å². The first-order valence-corrected chi connectivity index (χ1v) is 11.4. The Kier molecular flexibility index (Phi) is 8.71. The van der Waals surface area contributed by atoms with Crippen molar-refractivity contribution in [1.29, 1.82) is 0 Å². The van der Waals surface area contributed by atoms with E-state index >= 15 is 0 Å². The van der Waals surface area contributed by atoms with Gasteiger partial charge in [0.1, 0.15) is 17.8 Å². The minimum Gasteiger partial charge on any atom is -0.374 e. The van der Waals surface area contributed by atoms with E-state index in [-0.39, 0.29) is 18.3 Å². The van der Waals surface area contributed by atoms with Gasteiger partial charge in [0.25, 0.3) is 0 Å². The fraction of sp³-hybridized carbons (Fsp3) is 0.333. The summed E-state index contributed by atoms with van der Waals surface area (Å²) in [6, 6.07) is 30.3. The van der Waals surface area contributed by atoms with Gasteiger partial charge < -0.3 is 18.9 Å². The van der Waals surface area contributed by atoms with Crippen molar-refractivity contribution >= 4 is 11.6 Å². The van der Waals surface area contributed by atoms with Gasteiger partial charge in [-0.25, -0.2) is 0 Å². The predicted octanol–water partition coefficient (Wildman–Crippen LogP) is 5.73. The summed E-state index contributed by atoms with van der Waals surface area (Å²) in [6.45, 7) is 1.86. The fourth-order valence-corrected chi connectivity index (χ4v) is 4.11. The first-order chi connectivity index (χ1) is 15.8. The van der Waals surface area contributed by atoms with E-state index < -0.39 is 5.56 Å². The summed E-state index contributed by atoms with van der Waals surface area (Å²) in [5.74, 6) is 0. The molecule has 3 aromatic rings. The van der Waals surface area contributed by atoms with Gasteiger partial charge in [-0.15, -0.1) is 0 Å². The van der Waals surface area contributed by atoms with Gasteiger partial charge in [0.05, 0.1) is 32.5 Å². The smallest absolute Gasteiger partial charge is 0.134 e. The molecule has 0 radical (unpaired) electrons. The molecule has 4 unspecified atom stereocenters. The highest BCUT2D eigenvalue weighted by molar-refractivity contribution is 6.19. The van der Waals surface area contributed by atoms with Crippen LogP contribution in [0.15, 0.2) is 91.0 Å². The Morgan fingerprint density at radius 1 is 0.688 bits per heavy atom. The zero-order valence-electron chi connectivity index (χ0n) is 18.0. The van der Waals surface area contributed by atoms with E-state index in [4.69, 9.17) is 30.5 Å². The second-order valence-electron chi connectivity index (χ2n) is 7.92. The van der Waals surface area contributed by atoms with Crippen molar-refractivity contribution in [2.24, 2.45) is 0 Å². The number of alkyl halides is 1. The Labute approximate surface area is 195 Å². The SMILES string of the molecule is ClC1CC(OCc2ccccc2)C(OCc2ccccc2)C(COCc2ccccc2)O1. The van der Waals surface area contributed by atoms with Gasteiger partial charge in [-0.1, -0.05) is 103 Å². The average Bonchev–Trinajstić information content (AvgIpc) is 2.84. The number of rotatable bonds is 10. The van der Waals surface area contributed by atoms with Gasteiger partial charge in [-0.3, -0.25) is 0 Å². The largest absolute Gasteiger partial charge is 0.374 e. The van der Waals surface area contributed by atoms with Crippen LogP contribution in [-0.2, 0) is 38.8 Å². The summed E-state index contributed by atoms with van der Waals surface area (Å²) in [5.41, 5.74) is 2.89. The molecule has 4 rings (SSSR count). The molecule has 0 aliphatic carbocycles.